The minimum atomic E-state index is -0.0275. The Morgan fingerprint density at radius 3 is 2.90 bits per heavy atom. The molecule has 1 fully saturated rings. The van der Waals surface area contributed by atoms with Crippen LogP contribution in [-0.2, 0) is 11.2 Å². The molecule has 20 heavy (non-hydrogen) atoms. The van der Waals surface area contributed by atoms with Crippen LogP contribution in [0.2, 0.25) is 0 Å². The molecule has 1 saturated heterocycles. The SMILES string of the molecule is O=C1NCCCc2ccc(C(Cl)C3CCOCC3)cc21. The maximum Gasteiger partial charge on any atom is 0.251 e. The van der Waals surface area contributed by atoms with E-state index in [-0.39, 0.29) is 11.3 Å². The Morgan fingerprint density at radius 1 is 1.30 bits per heavy atom. The molecule has 1 N–H and O–H groups in total. The number of ether oxygens (including phenoxy) is 1. The normalized spacial score (nSPS) is 21.8. The van der Waals surface area contributed by atoms with Gasteiger partial charge in [-0.15, -0.1) is 11.6 Å². The van der Waals surface area contributed by atoms with Crippen LogP contribution in [-0.4, -0.2) is 25.7 Å². The monoisotopic (exact) mass is 293 g/mol. The van der Waals surface area contributed by atoms with Crippen molar-refractivity contribution in [1.29, 1.82) is 0 Å². The van der Waals surface area contributed by atoms with Crippen LogP contribution in [0.4, 0.5) is 0 Å². The Bertz CT molecular complexity index is 497. The van der Waals surface area contributed by atoms with E-state index in [1.807, 2.05) is 6.07 Å². The smallest absolute Gasteiger partial charge is 0.251 e. The molecule has 1 aromatic rings. The first-order chi connectivity index (χ1) is 9.75. The first-order valence-electron chi connectivity index (χ1n) is 7.38. The molecular formula is C16H20ClNO2. The molecule has 0 aromatic heterocycles. The highest BCUT2D eigenvalue weighted by Gasteiger charge is 2.25. The Morgan fingerprint density at radius 2 is 2.10 bits per heavy atom. The Kier molecular flexibility index (Phi) is 4.27. The quantitative estimate of drug-likeness (QED) is 0.851. The van der Waals surface area contributed by atoms with Gasteiger partial charge >= 0.3 is 0 Å². The maximum absolute atomic E-state index is 12.1. The lowest BCUT2D eigenvalue weighted by Gasteiger charge is -2.27. The van der Waals surface area contributed by atoms with Gasteiger partial charge in [0.15, 0.2) is 0 Å². The van der Waals surface area contributed by atoms with E-state index in [1.165, 1.54) is 0 Å². The predicted molar refractivity (Wildman–Crippen MR) is 79.2 cm³/mol. The third-order valence-corrected chi connectivity index (χ3v) is 4.89. The molecule has 3 nitrogen and oxygen atoms in total. The van der Waals surface area contributed by atoms with Crippen molar-refractivity contribution in [2.24, 2.45) is 5.92 Å². The zero-order valence-electron chi connectivity index (χ0n) is 11.5. The molecule has 1 atom stereocenters. The van der Waals surface area contributed by atoms with Gasteiger partial charge in [0.05, 0.1) is 5.38 Å². The zero-order chi connectivity index (χ0) is 13.9. The van der Waals surface area contributed by atoms with E-state index in [2.05, 4.69) is 17.4 Å². The summed E-state index contributed by atoms with van der Waals surface area (Å²) in [6, 6.07) is 6.15. The Balaban J connectivity index is 1.85. The number of carbonyl (C=O) groups is 1. The van der Waals surface area contributed by atoms with E-state index in [0.29, 0.717) is 5.92 Å². The number of amides is 1. The molecule has 0 radical (unpaired) electrons. The summed E-state index contributed by atoms with van der Waals surface area (Å²) in [5.74, 6) is 0.479. The summed E-state index contributed by atoms with van der Waals surface area (Å²) in [5, 5.41) is 2.92. The third-order valence-electron chi connectivity index (χ3n) is 4.29. The van der Waals surface area contributed by atoms with Gasteiger partial charge in [-0.05, 0) is 48.8 Å². The number of hydrogen-bond acceptors (Lipinski definition) is 2. The van der Waals surface area contributed by atoms with E-state index < -0.39 is 0 Å². The summed E-state index contributed by atoms with van der Waals surface area (Å²) >= 11 is 6.63. The second kappa shape index (κ2) is 6.15. The fourth-order valence-electron chi connectivity index (χ4n) is 3.05. The minimum Gasteiger partial charge on any atom is -0.381 e. The number of alkyl halides is 1. The van der Waals surface area contributed by atoms with E-state index in [1.54, 1.807) is 0 Å². The molecule has 1 unspecified atom stereocenters. The van der Waals surface area contributed by atoms with Crippen molar-refractivity contribution in [2.45, 2.75) is 31.1 Å². The summed E-state index contributed by atoms with van der Waals surface area (Å²) in [5.41, 5.74) is 3.01. The summed E-state index contributed by atoms with van der Waals surface area (Å²) in [7, 11) is 0. The number of aryl methyl sites for hydroxylation is 1. The molecule has 0 bridgehead atoms. The average molecular weight is 294 g/mol. The molecule has 2 aliphatic rings. The van der Waals surface area contributed by atoms with Crippen LogP contribution in [0.15, 0.2) is 18.2 Å². The highest BCUT2D eigenvalue weighted by Crippen LogP contribution is 2.36. The van der Waals surface area contributed by atoms with Gasteiger partial charge < -0.3 is 10.1 Å². The van der Waals surface area contributed by atoms with Gasteiger partial charge in [-0.2, -0.15) is 0 Å². The lowest BCUT2D eigenvalue weighted by atomic mass is 9.90. The van der Waals surface area contributed by atoms with Gasteiger partial charge in [-0.3, -0.25) is 4.79 Å². The predicted octanol–water partition coefficient (Wildman–Crippen LogP) is 3.07. The fourth-order valence-corrected chi connectivity index (χ4v) is 3.44. The molecule has 4 heteroatoms. The highest BCUT2D eigenvalue weighted by molar-refractivity contribution is 6.21. The molecule has 2 aliphatic heterocycles. The van der Waals surface area contributed by atoms with Crippen molar-refractivity contribution in [3.63, 3.8) is 0 Å². The highest BCUT2D eigenvalue weighted by atomic mass is 35.5. The van der Waals surface area contributed by atoms with Gasteiger partial charge in [0.1, 0.15) is 0 Å². The van der Waals surface area contributed by atoms with Crippen molar-refractivity contribution >= 4 is 17.5 Å². The van der Waals surface area contributed by atoms with Crippen LogP contribution in [0.25, 0.3) is 0 Å². The third kappa shape index (κ3) is 2.84. The van der Waals surface area contributed by atoms with E-state index in [9.17, 15) is 4.79 Å². The van der Waals surface area contributed by atoms with Crippen molar-refractivity contribution in [3.05, 3.63) is 34.9 Å². The van der Waals surface area contributed by atoms with Crippen LogP contribution in [0.1, 0.15) is 46.1 Å². The lowest BCUT2D eigenvalue weighted by molar-refractivity contribution is 0.0650. The van der Waals surface area contributed by atoms with Crippen molar-refractivity contribution in [3.8, 4) is 0 Å². The average Bonchev–Trinajstić information content (AvgIpc) is 2.69. The van der Waals surface area contributed by atoms with E-state index in [0.717, 1.165) is 62.1 Å². The molecule has 1 aromatic carbocycles. The largest absolute Gasteiger partial charge is 0.381 e. The minimum absolute atomic E-state index is 0.0275. The van der Waals surface area contributed by atoms with Gasteiger partial charge in [0, 0.05) is 25.3 Å². The standard InChI is InChI=1S/C16H20ClNO2/c17-15(12-5-8-20-9-6-12)13-4-3-11-2-1-7-18-16(19)14(11)10-13/h3-4,10,12,15H,1-2,5-9H2,(H,18,19). The molecule has 0 spiro atoms. The van der Waals surface area contributed by atoms with Gasteiger partial charge in [0.25, 0.3) is 5.91 Å². The topological polar surface area (TPSA) is 38.3 Å². The number of rotatable bonds is 2. The van der Waals surface area contributed by atoms with Crippen LogP contribution in [0, 0.1) is 5.92 Å². The molecule has 3 rings (SSSR count). The van der Waals surface area contributed by atoms with Crippen molar-refractivity contribution in [1.82, 2.24) is 5.32 Å². The summed E-state index contributed by atoms with van der Waals surface area (Å²) in [6.45, 7) is 2.34. The number of benzene rings is 1. The van der Waals surface area contributed by atoms with Crippen LogP contribution in [0.5, 0.6) is 0 Å². The van der Waals surface area contributed by atoms with E-state index >= 15 is 0 Å². The second-order valence-corrected chi connectivity index (χ2v) is 6.10. The number of hydrogen-bond donors (Lipinski definition) is 1. The van der Waals surface area contributed by atoms with Gasteiger partial charge in [-0.1, -0.05) is 12.1 Å². The molecular weight excluding hydrogens is 274 g/mol. The summed E-state index contributed by atoms with van der Waals surface area (Å²) in [6.07, 6.45) is 3.95. The van der Waals surface area contributed by atoms with Crippen molar-refractivity contribution in [2.75, 3.05) is 19.8 Å². The lowest BCUT2D eigenvalue weighted by Crippen LogP contribution is -2.23. The molecule has 0 aliphatic carbocycles. The molecule has 0 saturated carbocycles. The fraction of sp³-hybridized carbons (Fsp3) is 0.562. The van der Waals surface area contributed by atoms with E-state index in [4.69, 9.17) is 16.3 Å². The van der Waals surface area contributed by atoms with Crippen LogP contribution in [0.3, 0.4) is 0 Å². The first-order valence-corrected chi connectivity index (χ1v) is 7.82. The number of fused-ring (bicyclic) bond motifs is 1. The first kappa shape index (κ1) is 13.9. The van der Waals surface area contributed by atoms with Crippen LogP contribution >= 0.6 is 11.6 Å². The Labute approximate surface area is 124 Å². The molecule has 1 amide bonds. The number of halogens is 1. The zero-order valence-corrected chi connectivity index (χ0v) is 12.3. The summed E-state index contributed by atoms with van der Waals surface area (Å²) in [4.78, 5) is 12.1. The molecule has 2 heterocycles. The number of nitrogens with one attached hydrogen (secondary N) is 1. The number of carbonyl (C=O) groups excluding carboxylic acids is 1. The van der Waals surface area contributed by atoms with Crippen molar-refractivity contribution < 1.29 is 9.53 Å². The van der Waals surface area contributed by atoms with Gasteiger partial charge in [0.2, 0.25) is 0 Å². The van der Waals surface area contributed by atoms with Crippen LogP contribution < -0.4 is 5.32 Å². The molecule has 108 valence electrons. The Hall–Kier alpha value is -1.06. The van der Waals surface area contributed by atoms with Gasteiger partial charge in [-0.25, -0.2) is 0 Å². The maximum atomic E-state index is 12.1. The second-order valence-electron chi connectivity index (χ2n) is 5.63. The summed E-state index contributed by atoms with van der Waals surface area (Å²) < 4.78 is 5.39.